The fourth-order valence-corrected chi connectivity index (χ4v) is 2.34. The SMILES string of the molecule is CCCCCN=C(NCC)NCCc1cccc(C(=O)N(C)C)c1. The van der Waals surface area contributed by atoms with Crippen LogP contribution in [0.4, 0.5) is 0 Å². The van der Waals surface area contributed by atoms with E-state index in [0.29, 0.717) is 0 Å². The topological polar surface area (TPSA) is 56.7 Å². The second-order valence-corrected chi connectivity index (χ2v) is 6.04. The highest BCUT2D eigenvalue weighted by atomic mass is 16.2. The summed E-state index contributed by atoms with van der Waals surface area (Å²) in [5.41, 5.74) is 1.88. The lowest BCUT2D eigenvalue weighted by atomic mass is 10.1. The summed E-state index contributed by atoms with van der Waals surface area (Å²) in [5.74, 6) is 0.907. The minimum absolute atomic E-state index is 0.0376. The number of rotatable bonds is 9. The molecular formula is C19H32N4O. The van der Waals surface area contributed by atoms with Gasteiger partial charge in [-0.15, -0.1) is 0 Å². The third kappa shape index (κ3) is 7.49. The Balaban J connectivity index is 2.52. The van der Waals surface area contributed by atoms with Crippen molar-refractivity contribution >= 4 is 11.9 Å². The second-order valence-electron chi connectivity index (χ2n) is 6.04. The minimum Gasteiger partial charge on any atom is -0.357 e. The molecule has 0 bridgehead atoms. The lowest BCUT2D eigenvalue weighted by Crippen LogP contribution is -2.38. The molecule has 0 aliphatic heterocycles. The van der Waals surface area contributed by atoms with E-state index in [4.69, 9.17) is 0 Å². The number of guanidine groups is 1. The molecule has 1 aromatic carbocycles. The normalized spacial score (nSPS) is 11.2. The highest BCUT2D eigenvalue weighted by Crippen LogP contribution is 2.07. The van der Waals surface area contributed by atoms with E-state index in [1.165, 1.54) is 12.8 Å². The number of aliphatic imine (C=N–C) groups is 1. The minimum atomic E-state index is 0.0376. The average Bonchev–Trinajstić information content (AvgIpc) is 2.58. The van der Waals surface area contributed by atoms with Crippen molar-refractivity contribution in [3.8, 4) is 0 Å². The molecular weight excluding hydrogens is 300 g/mol. The number of amides is 1. The highest BCUT2D eigenvalue weighted by molar-refractivity contribution is 5.94. The first-order valence-corrected chi connectivity index (χ1v) is 8.91. The van der Waals surface area contributed by atoms with Crippen LogP contribution in [-0.2, 0) is 6.42 Å². The zero-order valence-electron chi connectivity index (χ0n) is 15.6. The Bertz CT molecular complexity index is 526. The number of hydrogen-bond acceptors (Lipinski definition) is 2. The van der Waals surface area contributed by atoms with E-state index in [1.54, 1.807) is 19.0 Å². The van der Waals surface area contributed by atoms with Gasteiger partial charge in [0.1, 0.15) is 0 Å². The van der Waals surface area contributed by atoms with E-state index < -0.39 is 0 Å². The molecule has 0 radical (unpaired) electrons. The summed E-state index contributed by atoms with van der Waals surface area (Å²) in [6.45, 7) is 6.77. The number of carbonyl (C=O) groups excluding carboxylic acids is 1. The van der Waals surface area contributed by atoms with Crippen molar-refractivity contribution in [2.45, 2.75) is 39.5 Å². The van der Waals surface area contributed by atoms with Gasteiger partial charge in [-0.2, -0.15) is 0 Å². The van der Waals surface area contributed by atoms with Crippen LogP contribution in [0.5, 0.6) is 0 Å². The summed E-state index contributed by atoms with van der Waals surface area (Å²) in [6.07, 6.45) is 4.41. The van der Waals surface area contributed by atoms with E-state index in [1.807, 2.05) is 18.2 Å². The Morgan fingerprint density at radius 3 is 2.62 bits per heavy atom. The first-order valence-electron chi connectivity index (χ1n) is 8.91. The van der Waals surface area contributed by atoms with E-state index in [9.17, 15) is 4.79 Å². The van der Waals surface area contributed by atoms with Gasteiger partial charge in [0.2, 0.25) is 0 Å². The molecule has 0 heterocycles. The first kappa shape index (κ1) is 20.0. The molecule has 5 nitrogen and oxygen atoms in total. The second kappa shape index (κ2) is 11.5. The molecule has 0 spiro atoms. The highest BCUT2D eigenvalue weighted by Gasteiger charge is 2.08. The fourth-order valence-electron chi connectivity index (χ4n) is 2.34. The van der Waals surface area contributed by atoms with Crippen molar-refractivity contribution in [1.82, 2.24) is 15.5 Å². The Morgan fingerprint density at radius 1 is 1.17 bits per heavy atom. The lowest BCUT2D eigenvalue weighted by Gasteiger charge is -2.13. The fraction of sp³-hybridized carbons (Fsp3) is 0.579. The van der Waals surface area contributed by atoms with Crippen LogP contribution < -0.4 is 10.6 Å². The molecule has 2 N–H and O–H groups in total. The molecule has 1 rings (SSSR count). The predicted molar refractivity (Wildman–Crippen MR) is 102 cm³/mol. The van der Waals surface area contributed by atoms with E-state index in [2.05, 4.69) is 35.5 Å². The maximum atomic E-state index is 12.0. The number of unbranched alkanes of at least 4 members (excludes halogenated alkanes) is 2. The van der Waals surface area contributed by atoms with Crippen LogP contribution in [0.25, 0.3) is 0 Å². The maximum absolute atomic E-state index is 12.0. The monoisotopic (exact) mass is 332 g/mol. The van der Waals surface area contributed by atoms with Crippen LogP contribution in [0, 0.1) is 0 Å². The van der Waals surface area contributed by atoms with Crippen molar-refractivity contribution in [2.75, 3.05) is 33.7 Å². The van der Waals surface area contributed by atoms with Crippen molar-refractivity contribution in [3.63, 3.8) is 0 Å². The van der Waals surface area contributed by atoms with Crippen LogP contribution in [0.15, 0.2) is 29.3 Å². The number of hydrogen-bond donors (Lipinski definition) is 2. The smallest absolute Gasteiger partial charge is 0.253 e. The third-order valence-electron chi connectivity index (χ3n) is 3.66. The number of benzene rings is 1. The van der Waals surface area contributed by atoms with Crippen LogP contribution in [0.2, 0.25) is 0 Å². The van der Waals surface area contributed by atoms with Gasteiger partial charge >= 0.3 is 0 Å². The summed E-state index contributed by atoms with van der Waals surface area (Å²) >= 11 is 0. The van der Waals surface area contributed by atoms with Crippen molar-refractivity contribution < 1.29 is 4.79 Å². The third-order valence-corrected chi connectivity index (χ3v) is 3.66. The van der Waals surface area contributed by atoms with Gasteiger partial charge in [0.25, 0.3) is 5.91 Å². The predicted octanol–water partition coefficient (Wildman–Crippen LogP) is 2.68. The van der Waals surface area contributed by atoms with Gasteiger partial charge in [0.05, 0.1) is 0 Å². The molecule has 0 unspecified atom stereocenters. The van der Waals surface area contributed by atoms with Gasteiger partial charge in [0.15, 0.2) is 5.96 Å². The van der Waals surface area contributed by atoms with Gasteiger partial charge < -0.3 is 15.5 Å². The van der Waals surface area contributed by atoms with Crippen molar-refractivity contribution in [1.29, 1.82) is 0 Å². The standard InChI is InChI=1S/C19H32N4O/c1-5-7-8-13-21-19(20-6-2)22-14-12-16-10-9-11-17(15-16)18(24)23(3)4/h9-11,15H,5-8,12-14H2,1-4H3,(H2,20,21,22). The molecule has 0 aliphatic rings. The average molecular weight is 332 g/mol. The summed E-state index contributed by atoms with van der Waals surface area (Å²) in [7, 11) is 3.54. The van der Waals surface area contributed by atoms with Gasteiger partial charge in [-0.05, 0) is 37.5 Å². The quantitative estimate of drug-likeness (QED) is 0.415. The molecule has 0 aromatic heterocycles. The molecule has 134 valence electrons. The van der Waals surface area contributed by atoms with Gasteiger partial charge in [0, 0.05) is 39.3 Å². The molecule has 0 atom stereocenters. The Hall–Kier alpha value is -2.04. The van der Waals surface area contributed by atoms with E-state index in [-0.39, 0.29) is 5.91 Å². The molecule has 0 saturated heterocycles. The summed E-state index contributed by atoms with van der Waals surface area (Å²) in [4.78, 5) is 18.2. The van der Waals surface area contributed by atoms with E-state index >= 15 is 0 Å². The summed E-state index contributed by atoms with van der Waals surface area (Å²) < 4.78 is 0. The zero-order chi connectivity index (χ0) is 17.8. The summed E-state index contributed by atoms with van der Waals surface area (Å²) in [5, 5.41) is 6.63. The number of nitrogens with zero attached hydrogens (tertiary/aromatic N) is 2. The maximum Gasteiger partial charge on any atom is 0.253 e. The van der Waals surface area contributed by atoms with Crippen LogP contribution >= 0.6 is 0 Å². The van der Waals surface area contributed by atoms with Gasteiger partial charge in [-0.3, -0.25) is 9.79 Å². The van der Waals surface area contributed by atoms with Gasteiger partial charge in [-0.25, -0.2) is 0 Å². The molecule has 0 fully saturated rings. The largest absolute Gasteiger partial charge is 0.357 e. The van der Waals surface area contributed by atoms with Crippen LogP contribution in [-0.4, -0.2) is 50.5 Å². The van der Waals surface area contributed by atoms with Gasteiger partial charge in [-0.1, -0.05) is 31.9 Å². The Kier molecular flexibility index (Phi) is 9.58. The van der Waals surface area contributed by atoms with Crippen LogP contribution in [0.1, 0.15) is 49.0 Å². The van der Waals surface area contributed by atoms with E-state index in [0.717, 1.165) is 49.6 Å². The number of nitrogens with one attached hydrogen (secondary N) is 2. The van der Waals surface area contributed by atoms with Crippen molar-refractivity contribution in [2.24, 2.45) is 4.99 Å². The molecule has 0 saturated carbocycles. The molecule has 5 heteroatoms. The zero-order valence-corrected chi connectivity index (χ0v) is 15.6. The molecule has 1 aromatic rings. The Labute approximate surface area is 146 Å². The first-order chi connectivity index (χ1) is 11.6. The van der Waals surface area contributed by atoms with Crippen molar-refractivity contribution in [3.05, 3.63) is 35.4 Å². The number of carbonyl (C=O) groups is 1. The molecule has 1 amide bonds. The molecule has 0 aliphatic carbocycles. The summed E-state index contributed by atoms with van der Waals surface area (Å²) in [6, 6.07) is 7.82. The Morgan fingerprint density at radius 2 is 1.96 bits per heavy atom. The van der Waals surface area contributed by atoms with Crippen LogP contribution in [0.3, 0.4) is 0 Å². The molecule has 24 heavy (non-hydrogen) atoms. The lowest BCUT2D eigenvalue weighted by molar-refractivity contribution is 0.0827.